The molecular formula is C14H18Cl2N4O. The first kappa shape index (κ1) is 16.1. The lowest BCUT2D eigenvalue weighted by molar-refractivity contribution is 0.283. The molecule has 0 atom stereocenters. The Morgan fingerprint density at radius 3 is 2.86 bits per heavy atom. The van der Waals surface area contributed by atoms with E-state index in [4.69, 9.17) is 33.7 Å². The van der Waals surface area contributed by atoms with Gasteiger partial charge in [-0.2, -0.15) is 5.10 Å². The lowest BCUT2D eigenvalue weighted by Crippen LogP contribution is -2.10. The van der Waals surface area contributed by atoms with Gasteiger partial charge in [-0.3, -0.25) is 0 Å². The van der Waals surface area contributed by atoms with Crippen molar-refractivity contribution in [3.05, 3.63) is 39.9 Å². The SMILES string of the molecule is CCCn1ncnc1COc1c(Cl)cc(Cl)cc1CCN. The van der Waals surface area contributed by atoms with Crippen LogP contribution in [-0.4, -0.2) is 21.3 Å². The molecule has 0 aliphatic rings. The van der Waals surface area contributed by atoms with E-state index in [0.717, 1.165) is 24.4 Å². The van der Waals surface area contributed by atoms with Crippen molar-refractivity contribution in [3.8, 4) is 5.75 Å². The van der Waals surface area contributed by atoms with Crippen LogP contribution >= 0.6 is 23.2 Å². The molecule has 0 bridgehead atoms. The molecule has 5 nitrogen and oxygen atoms in total. The fraction of sp³-hybridized carbons (Fsp3) is 0.429. The van der Waals surface area contributed by atoms with Gasteiger partial charge in [-0.1, -0.05) is 30.1 Å². The van der Waals surface area contributed by atoms with E-state index < -0.39 is 0 Å². The number of aryl methyl sites for hydroxylation is 1. The summed E-state index contributed by atoms with van der Waals surface area (Å²) in [5.74, 6) is 1.37. The molecule has 2 aromatic rings. The number of nitrogens with zero attached hydrogens (tertiary/aromatic N) is 3. The third-order valence-corrected chi connectivity index (χ3v) is 3.47. The molecule has 0 unspecified atom stereocenters. The minimum Gasteiger partial charge on any atom is -0.484 e. The molecule has 0 radical (unpaired) electrons. The summed E-state index contributed by atoms with van der Waals surface area (Å²) >= 11 is 12.2. The van der Waals surface area contributed by atoms with Crippen LogP contribution in [0.5, 0.6) is 5.75 Å². The standard InChI is InChI=1S/C14H18Cl2N4O/c1-2-5-20-13(18-9-19-20)8-21-14-10(3-4-17)6-11(15)7-12(14)16/h6-7,9H,2-5,8,17H2,1H3. The van der Waals surface area contributed by atoms with E-state index in [1.807, 2.05) is 10.7 Å². The molecular weight excluding hydrogens is 311 g/mol. The zero-order chi connectivity index (χ0) is 15.2. The number of hydrogen-bond acceptors (Lipinski definition) is 4. The molecule has 21 heavy (non-hydrogen) atoms. The first-order valence-corrected chi connectivity index (χ1v) is 7.58. The Labute approximate surface area is 134 Å². The molecule has 0 saturated carbocycles. The molecule has 0 fully saturated rings. The number of nitrogens with two attached hydrogens (primary N) is 1. The first-order valence-electron chi connectivity index (χ1n) is 6.83. The topological polar surface area (TPSA) is 66.0 Å². The second kappa shape index (κ2) is 7.64. The van der Waals surface area contributed by atoms with Crippen molar-refractivity contribution in [3.63, 3.8) is 0 Å². The van der Waals surface area contributed by atoms with Crippen molar-refractivity contribution in [2.75, 3.05) is 6.54 Å². The monoisotopic (exact) mass is 328 g/mol. The predicted molar refractivity (Wildman–Crippen MR) is 83.9 cm³/mol. The van der Waals surface area contributed by atoms with Gasteiger partial charge in [-0.05, 0) is 37.1 Å². The second-order valence-corrected chi connectivity index (χ2v) is 5.45. The predicted octanol–water partition coefficient (Wildman–Crippen LogP) is 3.08. The van der Waals surface area contributed by atoms with Gasteiger partial charge in [0.15, 0.2) is 5.82 Å². The highest BCUT2D eigenvalue weighted by atomic mass is 35.5. The smallest absolute Gasteiger partial charge is 0.164 e. The maximum atomic E-state index is 6.22. The van der Waals surface area contributed by atoms with E-state index in [9.17, 15) is 0 Å². The fourth-order valence-corrected chi connectivity index (χ4v) is 2.64. The Hall–Kier alpha value is -1.30. The maximum absolute atomic E-state index is 6.22. The average Bonchev–Trinajstić information content (AvgIpc) is 2.86. The molecule has 114 valence electrons. The highest BCUT2D eigenvalue weighted by Crippen LogP contribution is 2.33. The van der Waals surface area contributed by atoms with E-state index >= 15 is 0 Å². The summed E-state index contributed by atoms with van der Waals surface area (Å²) in [6.07, 6.45) is 3.16. The normalized spacial score (nSPS) is 10.9. The maximum Gasteiger partial charge on any atom is 0.164 e. The molecule has 0 aliphatic heterocycles. The van der Waals surface area contributed by atoms with Gasteiger partial charge in [0.2, 0.25) is 0 Å². The number of benzene rings is 1. The summed E-state index contributed by atoms with van der Waals surface area (Å²) in [7, 11) is 0. The van der Waals surface area contributed by atoms with Crippen LogP contribution in [0.3, 0.4) is 0 Å². The summed E-state index contributed by atoms with van der Waals surface area (Å²) in [6.45, 7) is 3.70. The molecule has 2 rings (SSSR count). The summed E-state index contributed by atoms with van der Waals surface area (Å²) in [6, 6.07) is 3.49. The van der Waals surface area contributed by atoms with Crippen LogP contribution in [0.2, 0.25) is 10.0 Å². The van der Waals surface area contributed by atoms with Gasteiger partial charge in [0.1, 0.15) is 18.7 Å². The van der Waals surface area contributed by atoms with Crippen LogP contribution in [0.1, 0.15) is 24.7 Å². The van der Waals surface area contributed by atoms with Crippen LogP contribution in [0.15, 0.2) is 18.5 Å². The van der Waals surface area contributed by atoms with Gasteiger partial charge < -0.3 is 10.5 Å². The Morgan fingerprint density at radius 2 is 2.14 bits per heavy atom. The van der Waals surface area contributed by atoms with Gasteiger partial charge in [-0.25, -0.2) is 9.67 Å². The number of ether oxygens (including phenoxy) is 1. The molecule has 2 N–H and O–H groups in total. The summed E-state index contributed by atoms with van der Waals surface area (Å²) in [5, 5.41) is 5.22. The lowest BCUT2D eigenvalue weighted by Gasteiger charge is -2.13. The van der Waals surface area contributed by atoms with E-state index in [1.165, 1.54) is 6.33 Å². The number of hydrogen-bond donors (Lipinski definition) is 1. The van der Waals surface area contributed by atoms with Gasteiger partial charge >= 0.3 is 0 Å². The molecule has 0 saturated heterocycles. The van der Waals surface area contributed by atoms with Gasteiger partial charge in [0, 0.05) is 11.6 Å². The highest BCUT2D eigenvalue weighted by molar-refractivity contribution is 6.35. The van der Waals surface area contributed by atoms with Crippen LogP contribution in [0.4, 0.5) is 0 Å². The molecule has 1 aromatic heterocycles. The van der Waals surface area contributed by atoms with Crippen molar-refractivity contribution in [2.45, 2.75) is 32.9 Å². The quantitative estimate of drug-likeness (QED) is 0.848. The Balaban J connectivity index is 2.17. The summed E-state index contributed by atoms with van der Waals surface area (Å²) in [5.41, 5.74) is 6.52. The Morgan fingerprint density at radius 1 is 1.33 bits per heavy atom. The van der Waals surface area contributed by atoms with Gasteiger partial charge in [-0.15, -0.1) is 0 Å². The van der Waals surface area contributed by atoms with E-state index in [-0.39, 0.29) is 0 Å². The molecule has 0 aliphatic carbocycles. The van der Waals surface area contributed by atoms with Crippen LogP contribution < -0.4 is 10.5 Å². The van der Waals surface area contributed by atoms with E-state index in [2.05, 4.69) is 17.0 Å². The number of aromatic nitrogens is 3. The molecule has 1 aromatic carbocycles. The molecule has 0 spiro atoms. The Bertz CT molecular complexity index is 601. The highest BCUT2D eigenvalue weighted by Gasteiger charge is 2.12. The van der Waals surface area contributed by atoms with Crippen molar-refractivity contribution < 1.29 is 4.74 Å². The van der Waals surface area contributed by atoms with Crippen LogP contribution in [0, 0.1) is 0 Å². The minimum atomic E-state index is 0.304. The third kappa shape index (κ3) is 4.09. The lowest BCUT2D eigenvalue weighted by atomic mass is 10.1. The summed E-state index contributed by atoms with van der Waals surface area (Å²) in [4.78, 5) is 4.21. The van der Waals surface area contributed by atoms with Crippen molar-refractivity contribution in [1.82, 2.24) is 14.8 Å². The fourth-order valence-electron chi connectivity index (χ4n) is 2.05. The van der Waals surface area contributed by atoms with Gasteiger partial charge in [0.05, 0.1) is 5.02 Å². The minimum absolute atomic E-state index is 0.304. The third-order valence-electron chi connectivity index (χ3n) is 2.98. The molecule has 0 amide bonds. The van der Waals surface area contributed by atoms with E-state index in [0.29, 0.717) is 35.4 Å². The average molecular weight is 329 g/mol. The van der Waals surface area contributed by atoms with Crippen LogP contribution in [-0.2, 0) is 19.6 Å². The molecule has 7 heteroatoms. The number of rotatable bonds is 7. The number of halogens is 2. The largest absolute Gasteiger partial charge is 0.484 e. The van der Waals surface area contributed by atoms with Crippen molar-refractivity contribution in [1.29, 1.82) is 0 Å². The van der Waals surface area contributed by atoms with Crippen molar-refractivity contribution >= 4 is 23.2 Å². The summed E-state index contributed by atoms with van der Waals surface area (Å²) < 4.78 is 7.66. The zero-order valence-corrected chi connectivity index (χ0v) is 13.4. The first-order chi connectivity index (χ1) is 10.2. The van der Waals surface area contributed by atoms with Crippen molar-refractivity contribution in [2.24, 2.45) is 5.73 Å². The van der Waals surface area contributed by atoms with Gasteiger partial charge in [0.25, 0.3) is 0 Å². The zero-order valence-electron chi connectivity index (χ0n) is 11.9. The second-order valence-electron chi connectivity index (χ2n) is 4.60. The van der Waals surface area contributed by atoms with Crippen LogP contribution in [0.25, 0.3) is 0 Å². The van der Waals surface area contributed by atoms with E-state index in [1.54, 1.807) is 6.07 Å². The molecule has 1 heterocycles. The Kier molecular flexibility index (Phi) is 5.85.